The first-order valence-electron chi connectivity index (χ1n) is 10.0. The molecule has 2 aromatic heterocycles. The molecule has 0 aliphatic heterocycles. The summed E-state index contributed by atoms with van der Waals surface area (Å²) in [7, 11) is 1.48. The van der Waals surface area contributed by atoms with Gasteiger partial charge in [0.1, 0.15) is 5.75 Å². The van der Waals surface area contributed by atoms with Gasteiger partial charge in [0.25, 0.3) is 5.91 Å². The van der Waals surface area contributed by atoms with E-state index < -0.39 is 17.8 Å². The van der Waals surface area contributed by atoms with Crippen LogP contribution in [-0.2, 0) is 25.6 Å². The summed E-state index contributed by atoms with van der Waals surface area (Å²) in [6.07, 6.45) is -0.636. The van der Waals surface area contributed by atoms with E-state index in [0.717, 1.165) is 6.42 Å². The second-order valence-electron chi connectivity index (χ2n) is 7.47. The van der Waals surface area contributed by atoms with Gasteiger partial charge in [-0.05, 0) is 56.0 Å². The van der Waals surface area contributed by atoms with Gasteiger partial charge in [0.2, 0.25) is 0 Å². The second-order valence-corrected chi connectivity index (χ2v) is 7.91. The normalized spacial score (nSPS) is 13.5. The molecule has 0 atom stereocenters. The Labute approximate surface area is 187 Å². The van der Waals surface area contributed by atoms with E-state index in [1.807, 2.05) is 0 Å². The van der Waals surface area contributed by atoms with E-state index in [1.165, 1.54) is 30.1 Å². The van der Waals surface area contributed by atoms with E-state index in [4.69, 9.17) is 16.3 Å². The molecule has 0 radical (unpaired) electrons. The van der Waals surface area contributed by atoms with Gasteiger partial charge in [-0.25, -0.2) is 0 Å². The molecule has 1 aliphatic carbocycles. The van der Waals surface area contributed by atoms with Crippen LogP contribution in [0.5, 0.6) is 5.75 Å². The number of benzene rings is 1. The third kappa shape index (κ3) is 4.57. The number of hydrogen-bond donors (Lipinski definition) is 1. The molecule has 0 bridgehead atoms. The van der Waals surface area contributed by atoms with Crippen molar-refractivity contribution < 1.29 is 22.7 Å². The van der Waals surface area contributed by atoms with Crippen molar-refractivity contribution in [3.8, 4) is 5.75 Å². The number of alkyl halides is 3. The summed E-state index contributed by atoms with van der Waals surface area (Å²) >= 11 is 6.00. The maximum Gasteiger partial charge on any atom is 0.435 e. The summed E-state index contributed by atoms with van der Waals surface area (Å²) in [5.41, 5.74) is 1.16. The van der Waals surface area contributed by atoms with Gasteiger partial charge in [-0.3, -0.25) is 14.5 Å². The summed E-state index contributed by atoms with van der Waals surface area (Å²) in [4.78, 5) is 17.0. The molecule has 0 spiro atoms. The van der Waals surface area contributed by atoms with Crippen LogP contribution in [0.25, 0.3) is 0 Å². The van der Waals surface area contributed by atoms with E-state index in [0.29, 0.717) is 52.7 Å². The van der Waals surface area contributed by atoms with Crippen molar-refractivity contribution in [2.45, 2.75) is 38.4 Å². The van der Waals surface area contributed by atoms with Crippen molar-refractivity contribution >= 4 is 23.2 Å². The Bertz CT molecular complexity index is 1160. The number of amides is 1. The van der Waals surface area contributed by atoms with E-state index in [9.17, 15) is 18.0 Å². The van der Waals surface area contributed by atoms with Gasteiger partial charge >= 0.3 is 6.18 Å². The molecule has 0 unspecified atom stereocenters. The number of aromatic nitrogens is 3. The fraction of sp³-hybridized carbons (Fsp3) is 0.318. The van der Waals surface area contributed by atoms with Gasteiger partial charge < -0.3 is 10.1 Å². The standard InChI is InChI=1S/C22H20ClF3N4O2/c1-32-19-7-6-14(23)11-17(19)28-21(31)13-8-9-27-15(10-13)12-30-18-5-3-2-4-16(18)20(29-30)22(24,25)26/h6-11H,2-5,12H2,1H3,(H,28,31). The Morgan fingerprint density at radius 1 is 1.22 bits per heavy atom. The highest BCUT2D eigenvalue weighted by Gasteiger charge is 2.39. The molecular weight excluding hydrogens is 445 g/mol. The van der Waals surface area contributed by atoms with E-state index in [-0.39, 0.29) is 12.1 Å². The number of nitrogens with one attached hydrogen (secondary N) is 1. The Morgan fingerprint density at radius 2 is 2.00 bits per heavy atom. The molecule has 1 aliphatic rings. The van der Waals surface area contributed by atoms with E-state index in [2.05, 4.69) is 15.4 Å². The Kier molecular flexibility index (Phi) is 6.10. The lowest BCUT2D eigenvalue weighted by molar-refractivity contribution is -0.142. The Hall–Kier alpha value is -3.07. The largest absolute Gasteiger partial charge is 0.495 e. The van der Waals surface area contributed by atoms with Gasteiger partial charge in [-0.15, -0.1) is 0 Å². The average molecular weight is 465 g/mol. The van der Waals surface area contributed by atoms with Crippen molar-refractivity contribution in [3.63, 3.8) is 0 Å². The van der Waals surface area contributed by atoms with Crippen molar-refractivity contribution in [2.24, 2.45) is 0 Å². The Morgan fingerprint density at radius 3 is 2.75 bits per heavy atom. The number of anilines is 1. The highest BCUT2D eigenvalue weighted by molar-refractivity contribution is 6.31. The SMILES string of the molecule is COc1ccc(Cl)cc1NC(=O)c1ccnc(Cn2nc(C(F)(F)F)c3c2CCCC3)c1. The molecule has 4 rings (SSSR count). The van der Waals surface area contributed by atoms with Gasteiger partial charge in [0.05, 0.1) is 25.0 Å². The fourth-order valence-electron chi connectivity index (χ4n) is 3.86. The molecule has 1 aromatic carbocycles. The molecule has 0 fully saturated rings. The number of fused-ring (bicyclic) bond motifs is 1. The Balaban J connectivity index is 1.59. The molecule has 3 aromatic rings. The van der Waals surface area contributed by atoms with Crippen LogP contribution in [0.3, 0.4) is 0 Å². The molecule has 10 heteroatoms. The smallest absolute Gasteiger partial charge is 0.435 e. The zero-order chi connectivity index (χ0) is 22.9. The van der Waals surface area contributed by atoms with Crippen LogP contribution in [0.1, 0.15) is 45.8 Å². The predicted molar refractivity (Wildman–Crippen MR) is 113 cm³/mol. The molecule has 32 heavy (non-hydrogen) atoms. The van der Waals surface area contributed by atoms with Crippen molar-refractivity contribution in [3.05, 3.63) is 69.8 Å². The molecule has 2 heterocycles. The molecular formula is C22H20ClF3N4O2. The maximum atomic E-state index is 13.4. The highest BCUT2D eigenvalue weighted by atomic mass is 35.5. The minimum Gasteiger partial charge on any atom is -0.495 e. The number of methoxy groups -OCH3 is 1. The van der Waals surface area contributed by atoms with Gasteiger partial charge in [0.15, 0.2) is 5.69 Å². The summed E-state index contributed by atoms with van der Waals surface area (Å²) < 4.78 is 46.9. The number of pyridine rings is 1. The minimum atomic E-state index is -4.50. The summed E-state index contributed by atoms with van der Waals surface area (Å²) in [6.45, 7) is 0.0417. The number of nitrogens with zero attached hydrogens (tertiary/aromatic N) is 3. The number of halogens is 4. The number of hydrogen-bond acceptors (Lipinski definition) is 4. The molecule has 0 saturated heterocycles. The third-order valence-corrected chi connectivity index (χ3v) is 5.56. The first-order chi connectivity index (χ1) is 15.3. The second kappa shape index (κ2) is 8.82. The van der Waals surface area contributed by atoms with Crippen LogP contribution in [0.2, 0.25) is 5.02 Å². The highest BCUT2D eigenvalue weighted by Crippen LogP contribution is 2.36. The van der Waals surface area contributed by atoms with Crippen LogP contribution < -0.4 is 10.1 Å². The van der Waals surface area contributed by atoms with Gasteiger partial charge in [-0.2, -0.15) is 18.3 Å². The van der Waals surface area contributed by atoms with Crippen LogP contribution in [0.4, 0.5) is 18.9 Å². The number of ether oxygens (including phenoxy) is 1. The first-order valence-corrected chi connectivity index (χ1v) is 10.4. The topological polar surface area (TPSA) is 69.0 Å². The molecule has 6 nitrogen and oxygen atoms in total. The average Bonchev–Trinajstić information content (AvgIpc) is 3.13. The lowest BCUT2D eigenvalue weighted by atomic mass is 9.95. The molecule has 1 N–H and O–H groups in total. The molecule has 1 amide bonds. The van der Waals surface area contributed by atoms with Crippen molar-refractivity contribution in [2.75, 3.05) is 12.4 Å². The van der Waals surface area contributed by atoms with E-state index in [1.54, 1.807) is 18.2 Å². The van der Waals surface area contributed by atoms with Gasteiger partial charge in [0, 0.05) is 28.0 Å². The van der Waals surface area contributed by atoms with Crippen LogP contribution in [-0.4, -0.2) is 27.8 Å². The predicted octanol–water partition coefficient (Wildman–Crippen LogP) is 5.14. The monoisotopic (exact) mass is 464 g/mol. The maximum absolute atomic E-state index is 13.4. The van der Waals surface area contributed by atoms with E-state index >= 15 is 0 Å². The van der Waals surface area contributed by atoms with Crippen molar-refractivity contribution in [1.82, 2.24) is 14.8 Å². The molecule has 168 valence electrons. The molecule has 0 saturated carbocycles. The lowest BCUT2D eigenvalue weighted by Crippen LogP contribution is -2.15. The third-order valence-electron chi connectivity index (χ3n) is 5.33. The number of rotatable bonds is 5. The lowest BCUT2D eigenvalue weighted by Gasteiger charge is -2.15. The fourth-order valence-corrected chi connectivity index (χ4v) is 4.03. The van der Waals surface area contributed by atoms with Gasteiger partial charge in [-0.1, -0.05) is 11.6 Å². The quantitative estimate of drug-likeness (QED) is 0.567. The number of carbonyl (C=O) groups excluding carboxylic acids is 1. The number of carbonyl (C=O) groups is 1. The summed E-state index contributed by atoms with van der Waals surface area (Å²) in [5.74, 6) is 0.0209. The zero-order valence-electron chi connectivity index (χ0n) is 17.2. The zero-order valence-corrected chi connectivity index (χ0v) is 17.9. The first kappa shape index (κ1) is 22.1. The summed E-state index contributed by atoms with van der Waals surface area (Å²) in [5, 5.41) is 7.02. The summed E-state index contributed by atoms with van der Waals surface area (Å²) in [6, 6.07) is 7.90. The minimum absolute atomic E-state index is 0.0417. The van der Waals surface area contributed by atoms with Crippen molar-refractivity contribution in [1.29, 1.82) is 0 Å². The van der Waals surface area contributed by atoms with Crippen LogP contribution in [0.15, 0.2) is 36.5 Å². The van der Waals surface area contributed by atoms with Crippen LogP contribution >= 0.6 is 11.6 Å². The van der Waals surface area contributed by atoms with Crippen LogP contribution in [0, 0.1) is 0 Å².